The minimum Gasteiger partial charge on any atom is -0.352 e. The number of aryl methyl sites for hydroxylation is 1. The first-order valence-electron chi connectivity index (χ1n) is 8.73. The van der Waals surface area contributed by atoms with Crippen LogP contribution in [0.2, 0.25) is 0 Å². The minimum absolute atomic E-state index is 0. The molecule has 1 aliphatic heterocycles. The molecule has 0 aromatic carbocycles. The maximum Gasteiger partial charge on any atom is 0.191 e. The summed E-state index contributed by atoms with van der Waals surface area (Å²) in [6.07, 6.45) is 6.76. The smallest absolute Gasteiger partial charge is 0.191 e. The summed E-state index contributed by atoms with van der Waals surface area (Å²) in [7, 11) is 3.81. The van der Waals surface area contributed by atoms with Crippen molar-refractivity contribution < 1.29 is 0 Å². The van der Waals surface area contributed by atoms with E-state index in [0.717, 1.165) is 30.2 Å². The Kier molecular flexibility index (Phi) is 7.27. The standard InChI is InChI=1S/C16H29N7.HI/c1-12-20-21-15(22(12)3)10-18-16(17-2)19-13-8-9-23(11-13)14-6-4-5-7-14;/h13-14H,4-11H2,1-3H3,(H2,17,18,19);1H. The lowest BCUT2D eigenvalue weighted by molar-refractivity contribution is 0.242. The maximum atomic E-state index is 4.34. The largest absolute Gasteiger partial charge is 0.352 e. The molecular formula is C16H30IN7. The normalized spacial score (nSPS) is 22.6. The molecule has 0 radical (unpaired) electrons. The number of likely N-dealkylation sites (tertiary alicyclic amines) is 1. The fraction of sp³-hybridized carbons (Fsp3) is 0.812. The molecule has 3 rings (SSSR count). The Bertz CT molecular complexity index is 551. The van der Waals surface area contributed by atoms with Crippen LogP contribution in [0.3, 0.4) is 0 Å². The Morgan fingerprint density at radius 3 is 2.62 bits per heavy atom. The van der Waals surface area contributed by atoms with E-state index >= 15 is 0 Å². The van der Waals surface area contributed by atoms with Crippen LogP contribution >= 0.6 is 24.0 Å². The van der Waals surface area contributed by atoms with Gasteiger partial charge in [-0.05, 0) is 26.2 Å². The van der Waals surface area contributed by atoms with E-state index in [4.69, 9.17) is 0 Å². The van der Waals surface area contributed by atoms with Crippen molar-refractivity contribution in [1.82, 2.24) is 30.3 Å². The van der Waals surface area contributed by atoms with Crippen molar-refractivity contribution in [2.45, 2.75) is 57.7 Å². The number of hydrogen-bond donors (Lipinski definition) is 2. The Morgan fingerprint density at radius 2 is 2.00 bits per heavy atom. The van der Waals surface area contributed by atoms with Gasteiger partial charge in [0.2, 0.25) is 0 Å². The summed E-state index contributed by atoms with van der Waals surface area (Å²) in [6.45, 7) is 4.94. The van der Waals surface area contributed by atoms with Crippen LogP contribution in [0.25, 0.3) is 0 Å². The Labute approximate surface area is 161 Å². The van der Waals surface area contributed by atoms with Gasteiger partial charge in [0.1, 0.15) is 5.82 Å². The monoisotopic (exact) mass is 447 g/mol. The van der Waals surface area contributed by atoms with E-state index in [-0.39, 0.29) is 24.0 Å². The van der Waals surface area contributed by atoms with E-state index in [0.29, 0.717) is 12.6 Å². The summed E-state index contributed by atoms with van der Waals surface area (Å²) in [5.41, 5.74) is 0. The van der Waals surface area contributed by atoms with Crippen molar-refractivity contribution >= 4 is 29.9 Å². The number of aromatic nitrogens is 3. The first-order chi connectivity index (χ1) is 11.2. The summed E-state index contributed by atoms with van der Waals surface area (Å²) in [5, 5.41) is 15.2. The maximum absolute atomic E-state index is 4.34. The molecule has 2 heterocycles. The molecular weight excluding hydrogens is 417 g/mol. The molecule has 8 heteroatoms. The van der Waals surface area contributed by atoms with Gasteiger partial charge >= 0.3 is 0 Å². The molecule has 2 aliphatic rings. The molecule has 1 atom stereocenters. The lowest BCUT2D eigenvalue weighted by atomic mass is 10.2. The predicted molar refractivity (Wildman–Crippen MR) is 107 cm³/mol. The highest BCUT2D eigenvalue weighted by atomic mass is 127. The second-order valence-corrected chi connectivity index (χ2v) is 6.71. The molecule has 24 heavy (non-hydrogen) atoms. The van der Waals surface area contributed by atoms with E-state index in [1.54, 1.807) is 0 Å². The number of hydrogen-bond acceptors (Lipinski definition) is 4. The van der Waals surface area contributed by atoms with Crippen molar-refractivity contribution in [3.8, 4) is 0 Å². The molecule has 136 valence electrons. The van der Waals surface area contributed by atoms with Gasteiger partial charge in [-0.15, -0.1) is 34.2 Å². The lowest BCUT2D eigenvalue weighted by Crippen LogP contribution is -2.45. The number of aliphatic imine (C=N–C) groups is 1. The highest BCUT2D eigenvalue weighted by molar-refractivity contribution is 14.0. The third-order valence-corrected chi connectivity index (χ3v) is 5.22. The van der Waals surface area contributed by atoms with Crippen LogP contribution in [0.1, 0.15) is 43.8 Å². The zero-order valence-corrected chi connectivity index (χ0v) is 17.3. The van der Waals surface area contributed by atoms with Crippen LogP contribution in [0.5, 0.6) is 0 Å². The van der Waals surface area contributed by atoms with E-state index in [9.17, 15) is 0 Å². The number of nitrogens with one attached hydrogen (secondary N) is 2. The zero-order chi connectivity index (χ0) is 16.2. The van der Waals surface area contributed by atoms with Crippen molar-refractivity contribution in [3.63, 3.8) is 0 Å². The van der Waals surface area contributed by atoms with Crippen molar-refractivity contribution in [2.24, 2.45) is 12.0 Å². The fourth-order valence-electron chi connectivity index (χ4n) is 3.66. The average Bonchev–Trinajstić information content (AvgIpc) is 3.28. The van der Waals surface area contributed by atoms with Crippen LogP contribution in [0, 0.1) is 6.92 Å². The lowest BCUT2D eigenvalue weighted by Gasteiger charge is -2.24. The van der Waals surface area contributed by atoms with Crippen molar-refractivity contribution in [1.29, 1.82) is 0 Å². The molecule has 0 amide bonds. The van der Waals surface area contributed by atoms with Gasteiger partial charge in [-0.3, -0.25) is 9.89 Å². The molecule has 1 saturated heterocycles. The summed E-state index contributed by atoms with van der Waals surface area (Å²) in [4.78, 5) is 7.00. The molecule has 1 aromatic heterocycles. The second-order valence-electron chi connectivity index (χ2n) is 6.71. The highest BCUT2D eigenvalue weighted by Gasteiger charge is 2.30. The fourth-order valence-corrected chi connectivity index (χ4v) is 3.66. The van der Waals surface area contributed by atoms with Gasteiger partial charge in [-0.2, -0.15) is 0 Å². The van der Waals surface area contributed by atoms with Gasteiger partial charge in [0.25, 0.3) is 0 Å². The summed E-state index contributed by atoms with van der Waals surface area (Å²) < 4.78 is 2.00. The summed E-state index contributed by atoms with van der Waals surface area (Å²) in [5.74, 6) is 2.70. The Morgan fingerprint density at radius 1 is 1.25 bits per heavy atom. The van der Waals surface area contributed by atoms with Crippen LogP contribution in [-0.2, 0) is 13.6 Å². The average molecular weight is 447 g/mol. The van der Waals surface area contributed by atoms with Gasteiger partial charge in [0.15, 0.2) is 11.8 Å². The molecule has 0 spiro atoms. The topological polar surface area (TPSA) is 70.4 Å². The molecule has 2 N–H and O–H groups in total. The molecule has 7 nitrogen and oxygen atoms in total. The second kappa shape index (κ2) is 8.98. The minimum atomic E-state index is 0. The van der Waals surface area contributed by atoms with E-state index in [1.165, 1.54) is 38.6 Å². The van der Waals surface area contributed by atoms with E-state index in [2.05, 4.69) is 30.7 Å². The number of nitrogens with zero attached hydrogens (tertiary/aromatic N) is 5. The van der Waals surface area contributed by atoms with Crippen molar-refractivity contribution in [3.05, 3.63) is 11.6 Å². The SMILES string of the molecule is CN=C(NCc1nnc(C)n1C)NC1CCN(C2CCCC2)C1.I. The first-order valence-corrected chi connectivity index (χ1v) is 8.73. The third-order valence-electron chi connectivity index (χ3n) is 5.22. The van der Waals surface area contributed by atoms with Crippen LogP contribution in [0.4, 0.5) is 0 Å². The Hall–Kier alpha value is -0.900. The molecule has 1 unspecified atom stereocenters. The van der Waals surface area contributed by atoms with Gasteiger partial charge in [0.05, 0.1) is 6.54 Å². The van der Waals surface area contributed by atoms with E-state index in [1.807, 2.05) is 25.6 Å². The van der Waals surface area contributed by atoms with Crippen LogP contribution in [-0.4, -0.2) is 57.8 Å². The van der Waals surface area contributed by atoms with Gasteiger partial charge in [0, 0.05) is 39.3 Å². The molecule has 1 aliphatic carbocycles. The highest BCUT2D eigenvalue weighted by Crippen LogP contribution is 2.26. The summed E-state index contributed by atoms with van der Waals surface area (Å²) >= 11 is 0. The Balaban J connectivity index is 0.00000208. The quantitative estimate of drug-likeness (QED) is 0.415. The predicted octanol–water partition coefficient (Wildman–Crippen LogP) is 1.42. The van der Waals surface area contributed by atoms with E-state index < -0.39 is 0 Å². The number of guanidine groups is 1. The summed E-state index contributed by atoms with van der Waals surface area (Å²) in [6, 6.07) is 1.31. The van der Waals surface area contributed by atoms with Crippen molar-refractivity contribution in [2.75, 3.05) is 20.1 Å². The van der Waals surface area contributed by atoms with Gasteiger partial charge in [-0.25, -0.2) is 0 Å². The molecule has 1 aromatic rings. The van der Waals surface area contributed by atoms with Crippen LogP contribution in [0.15, 0.2) is 4.99 Å². The molecule has 2 fully saturated rings. The first kappa shape index (κ1) is 19.4. The molecule has 0 bridgehead atoms. The third kappa shape index (κ3) is 4.59. The van der Waals surface area contributed by atoms with Gasteiger partial charge in [-0.1, -0.05) is 12.8 Å². The molecule has 1 saturated carbocycles. The zero-order valence-electron chi connectivity index (χ0n) is 15.0. The number of rotatable bonds is 4. The van der Waals surface area contributed by atoms with Gasteiger partial charge < -0.3 is 15.2 Å². The van der Waals surface area contributed by atoms with Crippen LogP contribution < -0.4 is 10.6 Å². The number of halogens is 1.